The van der Waals surface area contributed by atoms with Gasteiger partial charge in [-0.1, -0.05) is 6.58 Å². The lowest BCUT2D eigenvalue weighted by Crippen LogP contribution is -2.56. The number of nitrogens with one attached hydrogen (secondary N) is 7. The largest absolute Gasteiger partial charge is 0.489 e. The first kappa shape index (κ1) is 96.6. The van der Waals surface area contributed by atoms with Gasteiger partial charge >= 0.3 is 6.03 Å². The number of nitriles is 4. The second-order valence-electron chi connectivity index (χ2n) is 34.0. The van der Waals surface area contributed by atoms with E-state index >= 15 is 0 Å². The lowest BCUT2D eigenvalue weighted by Gasteiger charge is -2.43. The zero-order valence-corrected chi connectivity index (χ0v) is 77.7. The van der Waals surface area contributed by atoms with E-state index in [0.29, 0.717) is 161 Å². The maximum Gasteiger partial charge on any atom is 0.317 e. The molecule has 34 heteroatoms. The predicted molar refractivity (Wildman–Crippen MR) is 533 cm³/mol. The number of benzene rings is 8. The molecule has 4 amide bonds. The fourth-order valence-corrected chi connectivity index (χ4v) is 16.2. The van der Waals surface area contributed by atoms with Gasteiger partial charge in [0.25, 0.3) is 0 Å². The summed E-state index contributed by atoms with van der Waals surface area (Å²) in [5, 5.41) is 60.0. The number of carbonyl (C=O) groups excluding carboxylic acids is 3. The Morgan fingerprint density at radius 2 is 0.807 bits per heavy atom. The number of aromatic nitrogens is 8. The molecule has 710 valence electrons. The van der Waals surface area contributed by atoms with E-state index in [2.05, 4.69) is 159 Å². The highest BCUT2D eigenvalue weighted by molar-refractivity contribution is 5.99. The quantitative estimate of drug-likeness (QED) is 0.0195. The number of likely N-dealkylation sites (tertiary alicyclic amines) is 1. The summed E-state index contributed by atoms with van der Waals surface area (Å²) >= 11 is 0. The molecule has 1 atom stereocenters. The average Bonchev–Trinajstić information content (AvgIpc) is 1.24. The monoisotopic (exact) mass is 1870 g/mol. The van der Waals surface area contributed by atoms with E-state index < -0.39 is 0 Å². The zero-order chi connectivity index (χ0) is 96.9. The van der Waals surface area contributed by atoms with Gasteiger partial charge in [0.05, 0.1) is 86.8 Å². The Morgan fingerprint density at radius 1 is 0.436 bits per heavy atom. The molecule has 0 spiro atoms. The van der Waals surface area contributed by atoms with E-state index in [0.717, 1.165) is 149 Å². The second-order valence-corrected chi connectivity index (χ2v) is 34.0. The normalized spacial score (nSPS) is 15.7. The highest BCUT2D eigenvalue weighted by Gasteiger charge is 2.32. The SMILES string of the molecule is C=CC(=O)Nc1ccc(Nc2ccnc(-c3ccc(OC4CCOCC4)c(C#N)c3)n2)cc1.CNC(=O)N1CCC(Oc2ccc(-c3nccc(Nc4ccc(N5CCN(C6COC6)CC5)cc4)n3)cc2C#N)CC1.N#Cc1cc(-c2nccc(Nc3ccc(N4CCOCC4)cc3)n2)ccc1NC(=O)C1CC1.[C-]#[N+]C(C)c1ccc(Nc2ccnc(-c3ccc(OC4CCOCC4)c(C#N)c3)n2)cc1. The summed E-state index contributed by atoms with van der Waals surface area (Å²) in [5.74, 6) is 6.05. The molecule has 1 saturated carbocycles. The lowest BCUT2D eigenvalue weighted by atomic mass is 10.1. The minimum absolute atomic E-state index is 0.0265. The summed E-state index contributed by atoms with van der Waals surface area (Å²) in [4.78, 5) is 83.9. The Kier molecular flexibility index (Phi) is 33.0. The van der Waals surface area contributed by atoms with Crippen LogP contribution in [0, 0.1) is 57.8 Å². The number of carbonyl (C=O) groups is 3. The molecule has 12 aromatic rings. The van der Waals surface area contributed by atoms with Crippen molar-refractivity contribution in [1.29, 1.82) is 21.0 Å². The van der Waals surface area contributed by atoms with Gasteiger partial charge in [0, 0.05) is 203 Å². The van der Waals surface area contributed by atoms with Gasteiger partial charge in [0.1, 0.15) is 83.1 Å². The molecule has 0 bridgehead atoms. The van der Waals surface area contributed by atoms with E-state index in [4.69, 9.17) is 44.7 Å². The van der Waals surface area contributed by atoms with Crippen molar-refractivity contribution in [3.8, 4) is 87.1 Å². The number of urea groups is 1. The number of amides is 4. The van der Waals surface area contributed by atoms with Crippen LogP contribution < -0.4 is 61.2 Å². The maximum absolute atomic E-state index is 12.1. The molecule has 10 heterocycles. The maximum atomic E-state index is 12.1. The Labute approximate surface area is 812 Å². The summed E-state index contributed by atoms with van der Waals surface area (Å²) in [6.45, 7) is 25.6. The van der Waals surface area contributed by atoms with Crippen molar-refractivity contribution in [3.05, 3.63) is 271 Å². The van der Waals surface area contributed by atoms with Crippen molar-refractivity contribution in [2.24, 2.45) is 5.92 Å². The number of anilines is 12. The summed E-state index contributed by atoms with van der Waals surface area (Å²) < 4.78 is 39.7. The van der Waals surface area contributed by atoms with E-state index in [-0.39, 0.29) is 48.1 Å². The van der Waals surface area contributed by atoms with Crippen LogP contribution in [0.5, 0.6) is 17.2 Å². The first-order valence-corrected chi connectivity index (χ1v) is 46.7. The topological polar surface area (TPSA) is 416 Å². The van der Waals surface area contributed by atoms with Gasteiger partial charge in [0.15, 0.2) is 23.3 Å². The minimum Gasteiger partial charge on any atom is -0.489 e. The number of hydrogen-bond acceptors (Lipinski definition) is 29. The number of ether oxygens (including phenoxy) is 7. The molecule has 6 saturated heterocycles. The standard InChI is InChI=1S/C31H36N8O3.C25H24N6O2.C25H23N5O3.C25H23N5O2/c1-33-31(40)39-12-9-27(10-13-39)42-28-7-2-22(18-23(28)19-32)30-34-11-8-29(36-30)35-24-3-5-25(6-4-24)37-14-16-38(17-15-37)26-20-41-21-26;26-16-19-15-18(3-8-22(19)29-25(32)17-1-2-17)24-27-10-9-23(30-24)28-20-4-6-21(7-5-20)31-11-13-33-14-12-31;1-2-24(31)29-20-6-4-19(5-7-20)28-23-9-12-27-25(30-23)17-3-8-22(18(15-17)16-26)33-21-10-13-32-14-11-21;1-17(27-2)18-3-6-21(7-4-18)29-24-9-12-28-25(30-24)19-5-8-23(20(15-19)16-26)32-22-10-13-31-14-11-22/h2-8,11,18,26-27H,9-10,12-17,20-21H2,1H3,(H,33,40)(H,34,35,36);3-10,15,17H,1-2,11-14H2,(H,29,32)(H,27,28,30);2-9,12,15,21H,1,10-11,13-14H2,(H,29,31)(H,27,28,30);3-9,12,15,17,22H,10-11,13-14H2,1H3,(H,28,29,30). The smallest absolute Gasteiger partial charge is 0.317 e. The van der Waals surface area contributed by atoms with Gasteiger partial charge in [-0.2, -0.15) is 21.0 Å². The summed E-state index contributed by atoms with van der Waals surface area (Å²) in [6.07, 6.45) is 14.5. The third-order valence-electron chi connectivity index (χ3n) is 24.4. The number of piperazine rings is 1. The van der Waals surface area contributed by atoms with Crippen LogP contribution in [0.4, 0.5) is 73.6 Å². The Bertz CT molecular complexity index is 6520. The lowest BCUT2D eigenvalue weighted by molar-refractivity contribution is -0.117. The molecular weight excluding hydrogens is 1770 g/mol. The van der Waals surface area contributed by atoms with E-state index in [9.17, 15) is 35.4 Å². The fraction of sp³-hybridized carbons (Fsp3) is 0.302. The molecule has 34 nitrogen and oxygen atoms in total. The average molecular weight is 1880 g/mol. The Balaban J connectivity index is 0.000000135. The zero-order valence-electron chi connectivity index (χ0n) is 77.7. The van der Waals surface area contributed by atoms with E-state index in [1.807, 2.05) is 91.9 Å². The van der Waals surface area contributed by atoms with Gasteiger partial charge in [-0.25, -0.2) is 51.2 Å². The van der Waals surface area contributed by atoms with Crippen molar-refractivity contribution in [3.63, 3.8) is 0 Å². The molecular formula is C106H106N24O10. The number of piperidine rings is 1. The molecule has 7 aliphatic rings. The van der Waals surface area contributed by atoms with Crippen LogP contribution >= 0.6 is 0 Å². The van der Waals surface area contributed by atoms with Gasteiger partial charge in [-0.3, -0.25) is 14.5 Å². The van der Waals surface area contributed by atoms with Gasteiger partial charge in [-0.05, 0) is 213 Å². The van der Waals surface area contributed by atoms with E-state index in [1.54, 1.807) is 110 Å². The summed E-state index contributed by atoms with van der Waals surface area (Å²) in [7, 11) is 1.63. The first-order chi connectivity index (χ1) is 68.6. The molecule has 6 aliphatic heterocycles. The van der Waals surface area contributed by atoms with Crippen molar-refractivity contribution in [2.45, 2.75) is 88.7 Å². The highest BCUT2D eigenvalue weighted by atomic mass is 16.5. The Morgan fingerprint density at radius 3 is 1.19 bits per heavy atom. The van der Waals surface area contributed by atoms with Crippen LogP contribution in [0.15, 0.2) is 232 Å². The number of rotatable bonds is 26. The van der Waals surface area contributed by atoms with Gasteiger partial charge in [-0.15, -0.1) is 0 Å². The summed E-state index contributed by atoms with van der Waals surface area (Å²) in [5.41, 5.74) is 12.7. The molecule has 1 unspecified atom stereocenters. The third-order valence-corrected chi connectivity index (χ3v) is 24.4. The van der Waals surface area contributed by atoms with Crippen LogP contribution in [0.2, 0.25) is 0 Å². The number of nitrogens with zero attached hydrogens (tertiary/aromatic N) is 17. The molecule has 19 rings (SSSR count). The molecule has 8 aromatic carbocycles. The molecule has 140 heavy (non-hydrogen) atoms. The van der Waals surface area contributed by atoms with Crippen LogP contribution in [-0.2, 0) is 28.5 Å². The number of hydrogen-bond donors (Lipinski definition) is 7. The fourth-order valence-electron chi connectivity index (χ4n) is 16.2. The molecule has 1 aliphatic carbocycles. The van der Waals surface area contributed by atoms with Crippen LogP contribution in [0.25, 0.3) is 50.4 Å². The third kappa shape index (κ3) is 26.4. The second kappa shape index (κ2) is 47.8. The summed E-state index contributed by atoms with van der Waals surface area (Å²) in [6, 6.07) is 69.5. The van der Waals surface area contributed by atoms with Crippen molar-refractivity contribution < 1.29 is 47.5 Å². The molecule has 7 fully saturated rings. The van der Waals surface area contributed by atoms with Gasteiger partial charge < -0.3 is 89.9 Å². The molecule has 7 N–H and O–H groups in total. The number of morpholine rings is 1. The van der Waals surface area contributed by atoms with Crippen LogP contribution in [0.3, 0.4) is 0 Å². The van der Waals surface area contributed by atoms with Crippen LogP contribution in [-0.4, -0.2) is 204 Å². The van der Waals surface area contributed by atoms with Crippen molar-refractivity contribution in [2.75, 3.05) is 154 Å². The van der Waals surface area contributed by atoms with Crippen molar-refractivity contribution in [1.82, 2.24) is 55.0 Å². The van der Waals surface area contributed by atoms with E-state index in [1.165, 1.54) is 17.5 Å². The Hall–Kier alpha value is -16.5. The molecule has 0 radical (unpaired) electrons. The van der Waals surface area contributed by atoms with Crippen molar-refractivity contribution >= 4 is 86.6 Å². The first-order valence-electron chi connectivity index (χ1n) is 46.7. The molecule has 4 aromatic heterocycles. The van der Waals surface area contributed by atoms with Crippen LogP contribution in [0.1, 0.15) is 92.1 Å². The highest BCUT2D eigenvalue weighted by Crippen LogP contribution is 2.37. The predicted octanol–water partition coefficient (Wildman–Crippen LogP) is 17.1. The minimum atomic E-state index is -0.267. The van der Waals surface area contributed by atoms with Gasteiger partial charge in [0.2, 0.25) is 17.9 Å².